The van der Waals surface area contributed by atoms with E-state index in [9.17, 15) is 33.6 Å². The average Bonchev–Trinajstić information content (AvgIpc) is 3.61. The van der Waals surface area contributed by atoms with Gasteiger partial charge in [0.05, 0.1) is 0 Å². The van der Waals surface area contributed by atoms with Gasteiger partial charge in [-0.15, -0.1) is 0 Å². The van der Waals surface area contributed by atoms with Crippen molar-refractivity contribution in [2.75, 3.05) is 13.1 Å². The summed E-state index contributed by atoms with van der Waals surface area (Å²) in [6.07, 6.45) is 2.58. The summed E-state index contributed by atoms with van der Waals surface area (Å²) >= 11 is 0. The summed E-state index contributed by atoms with van der Waals surface area (Å²) in [5.74, 6) is -4.16. The predicted octanol–water partition coefficient (Wildman–Crippen LogP) is 1.32. The standard InChI is InChI=1S/C38H59N7O7/c1-8-23(5)31(40-25(7)46)36(50)41-27-17-13-19-39-35(49)30(22(3)4)43-37(51)32(24(6)9-2)44-34(48)29-18-14-20-45(29)38(52)28(42-33(27)47)21-26-15-11-10-12-16-26/h10-12,15-16,22-24,27-32H,8-9,13-14,17-21H2,1-7H3,(H,39,49)(H,40,46)(H,41,50)(H,42,47)(H,43,51)(H,44,48). The van der Waals surface area contributed by atoms with Crippen molar-refractivity contribution in [2.24, 2.45) is 17.8 Å². The van der Waals surface area contributed by atoms with Crippen molar-refractivity contribution in [1.29, 1.82) is 0 Å². The van der Waals surface area contributed by atoms with E-state index in [-0.39, 0.29) is 50.1 Å². The third-order valence-electron chi connectivity index (χ3n) is 10.2. The zero-order chi connectivity index (χ0) is 38.5. The van der Waals surface area contributed by atoms with E-state index in [2.05, 4.69) is 31.9 Å². The highest BCUT2D eigenvalue weighted by atomic mass is 16.2. The fourth-order valence-electron chi connectivity index (χ4n) is 6.63. The molecule has 52 heavy (non-hydrogen) atoms. The lowest BCUT2D eigenvalue weighted by atomic mass is 9.96. The van der Waals surface area contributed by atoms with Crippen LogP contribution in [-0.4, -0.2) is 95.6 Å². The summed E-state index contributed by atoms with van der Waals surface area (Å²) < 4.78 is 0. The zero-order valence-electron chi connectivity index (χ0n) is 31.8. The number of benzene rings is 1. The van der Waals surface area contributed by atoms with E-state index in [0.29, 0.717) is 25.7 Å². The third kappa shape index (κ3) is 11.5. The Morgan fingerprint density at radius 2 is 1.50 bits per heavy atom. The van der Waals surface area contributed by atoms with Crippen molar-refractivity contribution in [3.05, 3.63) is 35.9 Å². The average molecular weight is 726 g/mol. The van der Waals surface area contributed by atoms with E-state index in [1.807, 2.05) is 58.0 Å². The second-order valence-electron chi connectivity index (χ2n) is 14.6. The molecule has 0 bridgehead atoms. The van der Waals surface area contributed by atoms with Crippen LogP contribution < -0.4 is 31.9 Å². The van der Waals surface area contributed by atoms with Gasteiger partial charge >= 0.3 is 0 Å². The SMILES string of the molecule is CCC(C)C(NC(C)=O)C(=O)NC1CCCNC(=O)C(C(C)C)NC(=O)C(C(C)CC)NC(=O)C2CCCN2C(=O)C(Cc2ccccc2)NC1=O. The molecular weight excluding hydrogens is 666 g/mol. The minimum Gasteiger partial charge on any atom is -0.354 e. The molecule has 288 valence electrons. The quantitative estimate of drug-likeness (QED) is 0.209. The molecule has 2 aliphatic rings. The number of amides is 7. The molecule has 14 heteroatoms. The molecule has 0 aromatic heterocycles. The number of carbonyl (C=O) groups is 7. The molecule has 2 fully saturated rings. The summed E-state index contributed by atoms with van der Waals surface area (Å²) in [6.45, 7) is 12.8. The largest absolute Gasteiger partial charge is 0.354 e. The number of hydrogen-bond donors (Lipinski definition) is 6. The van der Waals surface area contributed by atoms with Crippen LogP contribution in [0.1, 0.15) is 92.6 Å². The Hall–Kier alpha value is -4.49. The van der Waals surface area contributed by atoms with Crippen molar-refractivity contribution in [3.63, 3.8) is 0 Å². The summed E-state index contributed by atoms with van der Waals surface area (Å²) in [5, 5.41) is 16.9. The smallest absolute Gasteiger partial charge is 0.246 e. The van der Waals surface area contributed by atoms with Gasteiger partial charge < -0.3 is 36.8 Å². The second kappa shape index (κ2) is 19.9. The van der Waals surface area contributed by atoms with Crippen LogP contribution in [0.25, 0.3) is 0 Å². The molecular formula is C38H59N7O7. The molecule has 0 radical (unpaired) electrons. The van der Waals surface area contributed by atoms with Gasteiger partial charge in [-0.25, -0.2) is 0 Å². The molecule has 1 aromatic rings. The summed E-state index contributed by atoms with van der Waals surface area (Å²) in [7, 11) is 0. The van der Waals surface area contributed by atoms with E-state index in [4.69, 9.17) is 0 Å². The molecule has 1 aromatic carbocycles. The molecule has 0 spiro atoms. The molecule has 14 nitrogen and oxygen atoms in total. The van der Waals surface area contributed by atoms with Gasteiger partial charge in [-0.3, -0.25) is 33.6 Å². The minimum absolute atomic E-state index is 0.0982. The Labute approximate surface area is 307 Å². The number of fused-ring (bicyclic) bond motifs is 1. The van der Waals surface area contributed by atoms with Crippen LogP contribution in [0.5, 0.6) is 0 Å². The number of nitrogens with one attached hydrogen (secondary N) is 6. The van der Waals surface area contributed by atoms with Gasteiger partial charge in [-0.05, 0) is 49.0 Å². The van der Waals surface area contributed by atoms with Gasteiger partial charge in [0.25, 0.3) is 0 Å². The fourth-order valence-corrected chi connectivity index (χ4v) is 6.63. The van der Waals surface area contributed by atoms with Crippen LogP contribution >= 0.6 is 0 Å². The lowest BCUT2D eigenvalue weighted by molar-refractivity contribution is -0.143. The van der Waals surface area contributed by atoms with Crippen molar-refractivity contribution in [2.45, 2.75) is 130 Å². The molecule has 2 saturated heterocycles. The van der Waals surface area contributed by atoms with Crippen molar-refractivity contribution < 1.29 is 33.6 Å². The van der Waals surface area contributed by atoms with E-state index >= 15 is 0 Å². The van der Waals surface area contributed by atoms with Gasteiger partial charge in [-0.1, -0.05) is 84.7 Å². The predicted molar refractivity (Wildman–Crippen MR) is 196 cm³/mol. The normalized spacial score (nSPS) is 25.7. The lowest BCUT2D eigenvalue weighted by Gasteiger charge is -2.33. The maximum Gasteiger partial charge on any atom is 0.246 e. The first-order valence-electron chi connectivity index (χ1n) is 18.8. The second-order valence-corrected chi connectivity index (χ2v) is 14.6. The van der Waals surface area contributed by atoms with Crippen molar-refractivity contribution in [1.82, 2.24) is 36.8 Å². The van der Waals surface area contributed by atoms with E-state index < -0.39 is 77.6 Å². The first-order chi connectivity index (χ1) is 24.7. The van der Waals surface area contributed by atoms with Crippen LogP contribution in [0.4, 0.5) is 0 Å². The molecule has 7 amide bonds. The van der Waals surface area contributed by atoms with Gasteiger partial charge in [0.15, 0.2) is 0 Å². The number of nitrogens with zero attached hydrogens (tertiary/aromatic N) is 1. The molecule has 2 heterocycles. The summed E-state index contributed by atoms with van der Waals surface area (Å²) in [5.41, 5.74) is 0.780. The maximum atomic E-state index is 14.4. The van der Waals surface area contributed by atoms with E-state index in [1.54, 1.807) is 13.8 Å². The molecule has 2 aliphatic heterocycles. The van der Waals surface area contributed by atoms with Crippen LogP contribution in [0, 0.1) is 17.8 Å². The first-order valence-corrected chi connectivity index (χ1v) is 18.8. The molecule has 3 rings (SSSR count). The molecule has 8 atom stereocenters. The van der Waals surface area contributed by atoms with Crippen molar-refractivity contribution >= 4 is 41.4 Å². The van der Waals surface area contributed by atoms with Crippen LogP contribution in [-0.2, 0) is 40.0 Å². The Balaban J connectivity index is 2.04. The molecule has 8 unspecified atom stereocenters. The third-order valence-corrected chi connectivity index (χ3v) is 10.2. The van der Waals surface area contributed by atoms with E-state index in [1.165, 1.54) is 11.8 Å². The monoisotopic (exact) mass is 725 g/mol. The Morgan fingerprint density at radius 1 is 0.827 bits per heavy atom. The Bertz CT molecular complexity index is 1420. The summed E-state index contributed by atoms with van der Waals surface area (Å²) in [6, 6.07) is 3.35. The first kappa shape index (κ1) is 41.9. The van der Waals surface area contributed by atoms with Crippen LogP contribution in [0.2, 0.25) is 0 Å². The van der Waals surface area contributed by atoms with Gasteiger partial charge in [0.1, 0.15) is 36.3 Å². The zero-order valence-corrected chi connectivity index (χ0v) is 31.8. The molecule has 0 saturated carbocycles. The van der Waals surface area contributed by atoms with E-state index in [0.717, 1.165) is 5.56 Å². The number of rotatable bonds is 10. The van der Waals surface area contributed by atoms with Gasteiger partial charge in [0.2, 0.25) is 41.4 Å². The van der Waals surface area contributed by atoms with Gasteiger partial charge in [0, 0.05) is 26.4 Å². The highest BCUT2D eigenvalue weighted by Crippen LogP contribution is 2.22. The minimum atomic E-state index is -1.12. The van der Waals surface area contributed by atoms with Crippen LogP contribution in [0.3, 0.4) is 0 Å². The number of hydrogen-bond acceptors (Lipinski definition) is 7. The maximum absolute atomic E-state index is 14.4. The highest BCUT2D eigenvalue weighted by Gasteiger charge is 2.41. The topological polar surface area (TPSA) is 195 Å². The molecule has 0 aliphatic carbocycles. The highest BCUT2D eigenvalue weighted by molar-refractivity contribution is 5.97. The number of carbonyl (C=O) groups excluding carboxylic acids is 7. The summed E-state index contributed by atoms with van der Waals surface area (Å²) in [4.78, 5) is 96.5. The van der Waals surface area contributed by atoms with Crippen molar-refractivity contribution in [3.8, 4) is 0 Å². The van der Waals surface area contributed by atoms with Crippen LogP contribution in [0.15, 0.2) is 30.3 Å². The molecule has 6 N–H and O–H groups in total. The Kier molecular flexibility index (Phi) is 16.1. The van der Waals surface area contributed by atoms with Gasteiger partial charge in [-0.2, -0.15) is 0 Å². The lowest BCUT2D eigenvalue weighted by Crippen LogP contribution is -2.61. The Morgan fingerprint density at radius 3 is 2.12 bits per heavy atom. The fraction of sp³-hybridized carbons (Fsp3) is 0.658.